The van der Waals surface area contributed by atoms with Crippen molar-refractivity contribution in [1.29, 1.82) is 0 Å². The zero-order chi connectivity index (χ0) is 20.5. The van der Waals surface area contributed by atoms with Gasteiger partial charge in [0, 0.05) is 30.7 Å². The number of rotatable bonds is 4. The summed E-state index contributed by atoms with van der Waals surface area (Å²) in [5.74, 6) is 1.66. The molecule has 158 valence electrons. The minimum atomic E-state index is -0.767. The van der Waals surface area contributed by atoms with Crippen LogP contribution in [0.5, 0.6) is 11.5 Å². The molecule has 6 atom stereocenters. The van der Waals surface area contributed by atoms with E-state index in [2.05, 4.69) is 23.1 Å². The van der Waals surface area contributed by atoms with Gasteiger partial charge in [-0.1, -0.05) is 18.2 Å². The Morgan fingerprint density at radius 3 is 2.90 bits per heavy atom. The van der Waals surface area contributed by atoms with Crippen LogP contribution >= 0.6 is 0 Å². The summed E-state index contributed by atoms with van der Waals surface area (Å²) in [6, 6.07) is 4.27. The van der Waals surface area contributed by atoms with Crippen molar-refractivity contribution < 1.29 is 19.4 Å². The zero-order valence-electron chi connectivity index (χ0n) is 17.7. The molecule has 1 saturated heterocycles. The summed E-state index contributed by atoms with van der Waals surface area (Å²) >= 11 is 0. The molecule has 8 rings (SSSR count). The van der Waals surface area contributed by atoms with Gasteiger partial charge in [-0.05, 0) is 63.1 Å². The van der Waals surface area contributed by atoms with E-state index in [0.717, 1.165) is 31.7 Å². The third-order valence-corrected chi connectivity index (χ3v) is 9.60. The van der Waals surface area contributed by atoms with Crippen molar-refractivity contribution in [2.24, 2.45) is 17.3 Å². The summed E-state index contributed by atoms with van der Waals surface area (Å²) < 4.78 is 12.8. The number of hydrogen-bond donors (Lipinski definition) is 1. The number of benzene rings is 1. The quantitative estimate of drug-likeness (QED) is 0.778. The first kappa shape index (κ1) is 17.8. The van der Waals surface area contributed by atoms with Crippen LogP contribution < -0.4 is 4.74 Å². The highest BCUT2D eigenvalue weighted by Crippen LogP contribution is 2.74. The molecule has 2 heterocycles. The smallest absolute Gasteiger partial charge is 0.165 e. The van der Waals surface area contributed by atoms with Crippen LogP contribution in [0.25, 0.3) is 0 Å². The molecular weight excluding hydrogens is 378 g/mol. The van der Waals surface area contributed by atoms with Gasteiger partial charge < -0.3 is 14.6 Å². The number of nitrogens with zero attached hydrogens (tertiary/aromatic N) is 1. The fourth-order valence-electron chi connectivity index (χ4n) is 8.24. The van der Waals surface area contributed by atoms with E-state index in [1.165, 1.54) is 30.5 Å². The van der Waals surface area contributed by atoms with Crippen LogP contribution in [0.1, 0.15) is 43.7 Å². The number of phenolic OH excluding ortho intramolecular Hbond substituents is 1. The lowest BCUT2D eigenvalue weighted by atomic mass is 9.37. The fourth-order valence-corrected chi connectivity index (χ4v) is 8.24. The van der Waals surface area contributed by atoms with E-state index in [1.807, 2.05) is 0 Å². The summed E-state index contributed by atoms with van der Waals surface area (Å²) in [6.07, 6.45) is 9.75. The van der Waals surface area contributed by atoms with Gasteiger partial charge in [0.15, 0.2) is 11.5 Å². The Hall–Kier alpha value is -1.85. The number of piperidine rings is 1. The first-order chi connectivity index (χ1) is 14.5. The van der Waals surface area contributed by atoms with Gasteiger partial charge in [-0.2, -0.15) is 0 Å². The standard InChI is InChI=1S/C25H29NO4/c1-14(27)17-12-23-7-8-25(17,29-2)22-24(23)9-10-26(13-15-3-4-15)19(23)11-16-5-6-18(28)21(30-22)20(16)24/h5-8,15,17,19,22,28H,3-4,9-13H2,1-2H3/t17?,19-,22-,23-,24+,25-/m1/s1. The fraction of sp³-hybridized carbons (Fsp3) is 0.640. The maximum Gasteiger partial charge on any atom is 0.165 e. The predicted molar refractivity (Wildman–Crippen MR) is 111 cm³/mol. The summed E-state index contributed by atoms with van der Waals surface area (Å²) in [7, 11) is 1.71. The molecule has 7 aliphatic rings. The minimum Gasteiger partial charge on any atom is -0.504 e. The SMILES string of the molecule is CO[C@]12C=C[C@@]3(CC1C(C)=O)[C@H]1Cc4ccc(O)c5c4[C@@]3(CCN1CC1CC1)[C@H]2O5. The average molecular weight is 408 g/mol. The predicted octanol–water partition coefficient (Wildman–Crippen LogP) is 2.98. The first-order valence-corrected chi connectivity index (χ1v) is 11.5. The van der Waals surface area contributed by atoms with E-state index in [0.29, 0.717) is 11.8 Å². The number of carbonyl (C=O) groups excluding carboxylic acids is 1. The summed E-state index contributed by atoms with van der Waals surface area (Å²) in [5, 5.41) is 10.7. The minimum absolute atomic E-state index is 0.145. The van der Waals surface area contributed by atoms with Crippen LogP contribution in [0.4, 0.5) is 0 Å². The summed E-state index contributed by atoms with van der Waals surface area (Å²) in [5.41, 5.74) is 1.39. The van der Waals surface area contributed by atoms with Crippen LogP contribution in [-0.2, 0) is 21.4 Å². The second kappa shape index (κ2) is 5.31. The number of fused-ring (bicyclic) bond motifs is 1. The van der Waals surface area contributed by atoms with E-state index in [9.17, 15) is 9.90 Å². The van der Waals surface area contributed by atoms with Gasteiger partial charge >= 0.3 is 0 Å². The maximum atomic E-state index is 12.9. The molecule has 5 aliphatic carbocycles. The highest BCUT2D eigenvalue weighted by atomic mass is 16.6. The normalized spacial score (nSPS) is 44.7. The molecule has 3 fully saturated rings. The molecule has 0 amide bonds. The van der Waals surface area contributed by atoms with E-state index in [1.54, 1.807) is 20.1 Å². The van der Waals surface area contributed by atoms with Crippen molar-refractivity contribution in [1.82, 2.24) is 4.90 Å². The molecule has 0 radical (unpaired) electrons. The Morgan fingerprint density at radius 2 is 2.17 bits per heavy atom. The molecular formula is C25H29NO4. The number of carbonyl (C=O) groups is 1. The highest BCUT2D eigenvalue weighted by Gasteiger charge is 2.79. The van der Waals surface area contributed by atoms with Gasteiger partial charge in [-0.15, -0.1) is 0 Å². The molecule has 2 saturated carbocycles. The van der Waals surface area contributed by atoms with Crippen molar-refractivity contribution in [2.45, 2.75) is 62.2 Å². The highest BCUT2D eigenvalue weighted by molar-refractivity contribution is 5.82. The van der Waals surface area contributed by atoms with Gasteiger partial charge in [-0.3, -0.25) is 9.69 Å². The van der Waals surface area contributed by atoms with Gasteiger partial charge in [0.05, 0.1) is 11.3 Å². The van der Waals surface area contributed by atoms with E-state index in [4.69, 9.17) is 9.47 Å². The number of aromatic hydroxyl groups is 1. The van der Waals surface area contributed by atoms with E-state index >= 15 is 0 Å². The molecule has 2 aliphatic heterocycles. The van der Waals surface area contributed by atoms with Crippen LogP contribution in [-0.4, -0.2) is 53.7 Å². The zero-order valence-corrected chi connectivity index (χ0v) is 17.7. The number of Topliss-reactive ketones (excluding diaryl/α,β-unsaturated/α-hetero) is 1. The molecule has 2 spiro atoms. The first-order valence-electron chi connectivity index (χ1n) is 11.5. The molecule has 1 aromatic carbocycles. The van der Waals surface area contributed by atoms with Crippen LogP contribution in [0, 0.1) is 17.3 Å². The maximum absolute atomic E-state index is 12.9. The number of methoxy groups -OCH3 is 1. The molecule has 1 unspecified atom stereocenters. The molecule has 5 nitrogen and oxygen atoms in total. The number of phenols is 1. The molecule has 0 aromatic heterocycles. The molecule has 5 heteroatoms. The average Bonchev–Trinajstić information content (AvgIpc) is 3.48. The van der Waals surface area contributed by atoms with Crippen molar-refractivity contribution in [3.05, 3.63) is 35.4 Å². The van der Waals surface area contributed by atoms with Crippen molar-refractivity contribution >= 4 is 5.78 Å². The van der Waals surface area contributed by atoms with Crippen molar-refractivity contribution in [3.8, 4) is 11.5 Å². The lowest BCUT2D eigenvalue weighted by molar-refractivity contribution is -0.214. The second-order valence-corrected chi connectivity index (χ2v) is 10.6. The topological polar surface area (TPSA) is 59.0 Å². The van der Waals surface area contributed by atoms with E-state index in [-0.39, 0.29) is 34.4 Å². The lowest BCUT2D eigenvalue weighted by Gasteiger charge is -2.71. The summed E-state index contributed by atoms with van der Waals surface area (Å²) in [4.78, 5) is 15.6. The van der Waals surface area contributed by atoms with Gasteiger partial charge in [0.1, 0.15) is 17.5 Å². The van der Waals surface area contributed by atoms with Gasteiger partial charge in [0.2, 0.25) is 0 Å². The van der Waals surface area contributed by atoms with Gasteiger partial charge in [0.25, 0.3) is 0 Å². The van der Waals surface area contributed by atoms with E-state index < -0.39 is 5.60 Å². The number of likely N-dealkylation sites (tertiary alicyclic amines) is 1. The number of ketones is 1. The largest absolute Gasteiger partial charge is 0.504 e. The third-order valence-electron chi connectivity index (χ3n) is 9.60. The molecule has 30 heavy (non-hydrogen) atoms. The monoisotopic (exact) mass is 407 g/mol. The Morgan fingerprint density at radius 1 is 1.33 bits per heavy atom. The lowest BCUT2D eigenvalue weighted by Crippen LogP contribution is -2.79. The molecule has 1 N–H and O–H groups in total. The number of ether oxygens (including phenoxy) is 2. The second-order valence-electron chi connectivity index (χ2n) is 10.6. The van der Waals surface area contributed by atoms with Gasteiger partial charge in [-0.25, -0.2) is 0 Å². The Bertz CT molecular complexity index is 1010. The molecule has 4 bridgehead atoms. The molecule has 1 aromatic rings. The van der Waals surface area contributed by atoms with Crippen LogP contribution in [0.2, 0.25) is 0 Å². The number of hydrogen-bond acceptors (Lipinski definition) is 5. The summed E-state index contributed by atoms with van der Waals surface area (Å²) in [6.45, 7) is 3.92. The van der Waals surface area contributed by atoms with Crippen LogP contribution in [0.15, 0.2) is 24.3 Å². The Balaban J connectivity index is 1.51. The van der Waals surface area contributed by atoms with Crippen molar-refractivity contribution in [3.63, 3.8) is 0 Å². The van der Waals surface area contributed by atoms with Crippen molar-refractivity contribution in [2.75, 3.05) is 20.2 Å². The van der Waals surface area contributed by atoms with Crippen LogP contribution in [0.3, 0.4) is 0 Å². The Kier molecular flexibility index (Phi) is 3.15. The Labute approximate surface area is 177 Å². The third kappa shape index (κ3) is 1.72.